The number of nitrogens with zero attached hydrogens (tertiary/aromatic N) is 1. The fourth-order valence-corrected chi connectivity index (χ4v) is 2.80. The molecule has 0 saturated carbocycles. The molecule has 0 amide bonds. The predicted octanol–water partition coefficient (Wildman–Crippen LogP) is 1.94. The molecule has 0 radical (unpaired) electrons. The number of rotatable bonds is 3. The maximum Gasteiger partial charge on any atom is 0.0765 e. The molecule has 2 rings (SSSR count). The highest BCUT2D eigenvalue weighted by atomic mass is 16.3. The Balaban J connectivity index is 2.05. The third-order valence-electron chi connectivity index (χ3n) is 3.49. The van der Waals surface area contributed by atoms with E-state index in [-0.39, 0.29) is 6.10 Å². The van der Waals surface area contributed by atoms with E-state index in [1.54, 1.807) is 0 Å². The lowest BCUT2D eigenvalue weighted by Crippen LogP contribution is -2.38. The minimum absolute atomic E-state index is 0.175. The van der Waals surface area contributed by atoms with Crippen LogP contribution in [0.2, 0.25) is 0 Å². The van der Waals surface area contributed by atoms with Crippen LogP contribution in [0, 0.1) is 0 Å². The summed E-state index contributed by atoms with van der Waals surface area (Å²) in [6.07, 6.45) is 7.81. The van der Waals surface area contributed by atoms with Crippen molar-refractivity contribution in [1.82, 2.24) is 4.90 Å². The third kappa shape index (κ3) is 1.86. The van der Waals surface area contributed by atoms with Crippen LogP contribution in [0.4, 0.5) is 0 Å². The quantitative estimate of drug-likeness (QED) is 0.696. The summed E-state index contributed by atoms with van der Waals surface area (Å²) >= 11 is 0. The van der Waals surface area contributed by atoms with Crippen molar-refractivity contribution in [3.63, 3.8) is 0 Å². The molecule has 2 heterocycles. The molecule has 80 valence electrons. The standard InChI is InChI=1S/C12H21NO/c1-2-5-12(14)10-6-3-8-13-9-4-7-11(10)13/h6,11-12,14H,2-5,7-9H2,1H3/t11-,12-/m0/s1. The summed E-state index contributed by atoms with van der Waals surface area (Å²) in [7, 11) is 0. The van der Waals surface area contributed by atoms with Gasteiger partial charge < -0.3 is 5.11 Å². The summed E-state index contributed by atoms with van der Waals surface area (Å²) in [6.45, 7) is 4.58. The van der Waals surface area contributed by atoms with E-state index in [1.165, 1.54) is 31.5 Å². The van der Waals surface area contributed by atoms with Crippen molar-refractivity contribution >= 4 is 0 Å². The van der Waals surface area contributed by atoms with Crippen LogP contribution in [-0.4, -0.2) is 35.2 Å². The van der Waals surface area contributed by atoms with Crippen LogP contribution >= 0.6 is 0 Å². The normalized spacial score (nSPS) is 29.9. The van der Waals surface area contributed by atoms with Gasteiger partial charge in [-0.1, -0.05) is 19.4 Å². The molecule has 1 N–H and O–H groups in total. The maximum atomic E-state index is 10.0. The first kappa shape index (κ1) is 10.2. The van der Waals surface area contributed by atoms with Crippen molar-refractivity contribution in [1.29, 1.82) is 0 Å². The zero-order valence-electron chi connectivity index (χ0n) is 9.08. The first-order valence-electron chi connectivity index (χ1n) is 5.95. The van der Waals surface area contributed by atoms with Gasteiger partial charge in [-0.2, -0.15) is 0 Å². The van der Waals surface area contributed by atoms with Crippen molar-refractivity contribution in [3.8, 4) is 0 Å². The Morgan fingerprint density at radius 3 is 3.21 bits per heavy atom. The topological polar surface area (TPSA) is 23.5 Å². The van der Waals surface area contributed by atoms with E-state index >= 15 is 0 Å². The summed E-state index contributed by atoms with van der Waals surface area (Å²) in [6, 6.07) is 0.574. The van der Waals surface area contributed by atoms with Gasteiger partial charge in [-0.3, -0.25) is 4.90 Å². The minimum Gasteiger partial charge on any atom is -0.389 e. The van der Waals surface area contributed by atoms with Gasteiger partial charge >= 0.3 is 0 Å². The highest BCUT2D eigenvalue weighted by Gasteiger charge is 2.32. The first-order chi connectivity index (χ1) is 6.83. The van der Waals surface area contributed by atoms with Crippen LogP contribution in [0.15, 0.2) is 11.6 Å². The zero-order chi connectivity index (χ0) is 9.97. The Morgan fingerprint density at radius 1 is 1.57 bits per heavy atom. The number of aliphatic hydroxyl groups excluding tert-OH is 1. The van der Waals surface area contributed by atoms with E-state index < -0.39 is 0 Å². The molecule has 0 spiro atoms. The van der Waals surface area contributed by atoms with E-state index in [4.69, 9.17) is 0 Å². The van der Waals surface area contributed by atoms with Crippen molar-refractivity contribution in [2.75, 3.05) is 13.1 Å². The smallest absolute Gasteiger partial charge is 0.0765 e. The van der Waals surface area contributed by atoms with E-state index in [9.17, 15) is 5.11 Å². The molecule has 14 heavy (non-hydrogen) atoms. The maximum absolute atomic E-state index is 10.0. The van der Waals surface area contributed by atoms with Gasteiger partial charge in [0.15, 0.2) is 0 Å². The average molecular weight is 195 g/mol. The molecule has 0 unspecified atom stereocenters. The second kappa shape index (κ2) is 4.45. The van der Waals surface area contributed by atoms with Crippen LogP contribution in [0.1, 0.15) is 39.0 Å². The van der Waals surface area contributed by atoms with Crippen LogP contribution < -0.4 is 0 Å². The molecule has 2 heteroatoms. The van der Waals surface area contributed by atoms with E-state index in [2.05, 4.69) is 17.9 Å². The number of hydrogen-bond acceptors (Lipinski definition) is 2. The summed E-state index contributed by atoms with van der Waals surface area (Å²) < 4.78 is 0. The van der Waals surface area contributed by atoms with Crippen LogP contribution in [0.3, 0.4) is 0 Å². The van der Waals surface area contributed by atoms with Crippen molar-refractivity contribution in [3.05, 3.63) is 11.6 Å². The van der Waals surface area contributed by atoms with Crippen LogP contribution in [0.5, 0.6) is 0 Å². The Hall–Kier alpha value is -0.340. The predicted molar refractivity (Wildman–Crippen MR) is 58.2 cm³/mol. The fraction of sp³-hybridized carbons (Fsp3) is 0.833. The highest BCUT2D eigenvalue weighted by Crippen LogP contribution is 2.30. The molecule has 2 atom stereocenters. The molecule has 0 aliphatic carbocycles. The molecule has 2 aliphatic heterocycles. The Bertz CT molecular complexity index is 224. The molecule has 2 nitrogen and oxygen atoms in total. The lowest BCUT2D eigenvalue weighted by atomic mass is 9.93. The largest absolute Gasteiger partial charge is 0.389 e. The van der Waals surface area contributed by atoms with Crippen molar-refractivity contribution in [2.45, 2.75) is 51.2 Å². The van der Waals surface area contributed by atoms with Gasteiger partial charge in [-0.05, 0) is 37.8 Å². The van der Waals surface area contributed by atoms with E-state index in [0.29, 0.717) is 6.04 Å². The zero-order valence-corrected chi connectivity index (χ0v) is 9.08. The van der Waals surface area contributed by atoms with Crippen molar-refractivity contribution in [2.24, 2.45) is 0 Å². The second-order valence-electron chi connectivity index (χ2n) is 4.49. The van der Waals surface area contributed by atoms with Crippen molar-refractivity contribution < 1.29 is 5.11 Å². The number of hydrogen-bond donors (Lipinski definition) is 1. The fourth-order valence-electron chi connectivity index (χ4n) is 2.80. The average Bonchev–Trinajstić information content (AvgIpc) is 2.65. The molecule has 2 aliphatic rings. The van der Waals surface area contributed by atoms with Gasteiger partial charge in [-0.25, -0.2) is 0 Å². The second-order valence-corrected chi connectivity index (χ2v) is 4.49. The Kier molecular flexibility index (Phi) is 3.24. The van der Waals surface area contributed by atoms with Gasteiger partial charge in [0.2, 0.25) is 0 Å². The molecular formula is C12H21NO. The SMILES string of the molecule is CCC[C@H](O)C1=CCCN2CCC[C@@H]12. The molecule has 1 saturated heterocycles. The number of aliphatic hydroxyl groups is 1. The van der Waals surface area contributed by atoms with Gasteiger partial charge in [0.25, 0.3) is 0 Å². The lowest BCUT2D eigenvalue weighted by molar-refractivity contribution is 0.162. The number of fused-ring (bicyclic) bond motifs is 1. The lowest BCUT2D eigenvalue weighted by Gasteiger charge is -2.32. The summed E-state index contributed by atoms with van der Waals surface area (Å²) in [5.41, 5.74) is 1.32. The van der Waals surface area contributed by atoms with Gasteiger partial charge in [0, 0.05) is 12.6 Å². The third-order valence-corrected chi connectivity index (χ3v) is 3.49. The molecule has 1 fully saturated rings. The molecule has 0 bridgehead atoms. The Labute approximate surface area is 86.6 Å². The van der Waals surface area contributed by atoms with Gasteiger partial charge in [0.05, 0.1) is 6.10 Å². The summed E-state index contributed by atoms with van der Waals surface area (Å²) in [4.78, 5) is 2.54. The molecule has 0 aromatic carbocycles. The molecule has 0 aromatic rings. The van der Waals surface area contributed by atoms with Gasteiger partial charge in [-0.15, -0.1) is 0 Å². The highest BCUT2D eigenvalue weighted by molar-refractivity contribution is 5.20. The van der Waals surface area contributed by atoms with Gasteiger partial charge in [0.1, 0.15) is 0 Å². The van der Waals surface area contributed by atoms with E-state index in [0.717, 1.165) is 19.3 Å². The molecular weight excluding hydrogens is 174 g/mol. The first-order valence-corrected chi connectivity index (χ1v) is 5.95. The summed E-state index contributed by atoms with van der Waals surface area (Å²) in [5.74, 6) is 0. The Morgan fingerprint density at radius 2 is 2.43 bits per heavy atom. The van der Waals surface area contributed by atoms with E-state index in [1.807, 2.05) is 0 Å². The minimum atomic E-state index is -0.175. The van der Waals surface area contributed by atoms with Crippen LogP contribution in [0.25, 0.3) is 0 Å². The van der Waals surface area contributed by atoms with Crippen LogP contribution in [-0.2, 0) is 0 Å². The summed E-state index contributed by atoms with van der Waals surface area (Å²) in [5, 5.41) is 10.0. The molecule has 0 aromatic heterocycles. The monoisotopic (exact) mass is 195 g/mol.